The first-order chi connectivity index (χ1) is 9.78. The normalized spacial score (nSPS) is 10.2. The largest absolute Gasteiger partial charge is 0.748 e. The molecule has 2 aromatic carbocycles. The van der Waals surface area contributed by atoms with Gasteiger partial charge in [0.1, 0.15) is 0 Å². The van der Waals surface area contributed by atoms with Crippen molar-refractivity contribution in [2.75, 3.05) is 24.6 Å². The Balaban J connectivity index is 0.000000562. The molecule has 0 aliphatic rings. The van der Waals surface area contributed by atoms with E-state index >= 15 is 0 Å². The van der Waals surface area contributed by atoms with Crippen LogP contribution in [-0.4, -0.2) is 24.6 Å². The van der Waals surface area contributed by atoms with Crippen LogP contribution in [-0.2, 0) is 16.8 Å². The zero-order chi connectivity index (χ0) is 14.8. The molecule has 0 nitrogen and oxygen atoms in total. The molecule has 0 spiro atoms. The van der Waals surface area contributed by atoms with Gasteiger partial charge in [0.05, 0.1) is 0 Å². The summed E-state index contributed by atoms with van der Waals surface area (Å²) < 4.78 is 0. The molecule has 0 bridgehead atoms. The van der Waals surface area contributed by atoms with E-state index < -0.39 is 0 Å². The Hall–Kier alpha value is 0.0665. The Bertz CT molecular complexity index is 382. The fourth-order valence-corrected chi connectivity index (χ4v) is 6.88. The van der Waals surface area contributed by atoms with Crippen molar-refractivity contribution >= 4 is 26.5 Å². The molecule has 0 fully saturated rings. The predicted molar refractivity (Wildman–Crippen MR) is 99.3 cm³/mol. The molecule has 0 saturated carbocycles. The fourth-order valence-electron chi connectivity index (χ4n) is 2.39. The van der Waals surface area contributed by atoms with E-state index in [4.69, 9.17) is 0 Å². The van der Waals surface area contributed by atoms with Gasteiger partial charge in [-0.1, -0.05) is 27.7 Å². The molecule has 2 rings (SSSR count). The minimum Gasteiger partial charge on any atom is -0.748 e. The Morgan fingerprint density at radius 1 is 0.857 bits per heavy atom. The summed E-state index contributed by atoms with van der Waals surface area (Å²) in [6, 6.07) is 17.0. The van der Waals surface area contributed by atoms with E-state index in [9.17, 15) is 0 Å². The van der Waals surface area contributed by atoms with Crippen molar-refractivity contribution in [2.45, 2.75) is 27.7 Å². The van der Waals surface area contributed by atoms with Crippen molar-refractivity contribution in [2.24, 2.45) is 0 Å². The molecule has 0 atom stereocenters. The van der Waals surface area contributed by atoms with E-state index in [-0.39, 0.29) is 32.6 Å². The second kappa shape index (κ2) is 12.6. The molecule has 0 heterocycles. The fraction of sp³-hybridized carbons (Fsp3) is 0.444. The van der Waals surface area contributed by atoms with Gasteiger partial charge in [-0.3, -0.25) is 0 Å². The van der Waals surface area contributed by atoms with Crippen molar-refractivity contribution in [3.8, 4) is 0 Å². The molecule has 0 aromatic heterocycles. The first-order valence-electron chi connectivity index (χ1n) is 7.70. The van der Waals surface area contributed by atoms with Crippen LogP contribution < -0.4 is 10.6 Å². The molecule has 3 heteroatoms. The minimum atomic E-state index is 0. The molecule has 0 amide bonds. The molecule has 0 saturated heterocycles. The second-order valence-electron chi connectivity index (χ2n) is 4.60. The van der Waals surface area contributed by atoms with Gasteiger partial charge in [0.25, 0.3) is 0 Å². The average molecular weight is 365 g/mol. The monoisotopic (exact) mass is 365 g/mol. The Morgan fingerprint density at radius 2 is 1.33 bits per heavy atom. The number of hydrogen-bond acceptors (Lipinski definition) is 0. The number of hydrogen-bond donors (Lipinski definition) is 0. The van der Waals surface area contributed by atoms with Crippen molar-refractivity contribution < 1.29 is 16.8 Å². The smallest absolute Gasteiger partial charge is 0 e. The maximum absolute atomic E-state index is 2.38. The van der Waals surface area contributed by atoms with Crippen molar-refractivity contribution in [3.05, 3.63) is 48.5 Å². The quantitative estimate of drug-likeness (QED) is 0.493. The molecule has 0 aliphatic heterocycles. The third-order valence-electron chi connectivity index (χ3n) is 3.53. The third kappa shape index (κ3) is 6.79. The zero-order valence-corrected chi connectivity index (χ0v) is 16.5. The van der Waals surface area contributed by atoms with E-state index in [0.29, 0.717) is 0 Å². The molecule has 0 N–H and O–H groups in total. The Morgan fingerprint density at radius 3 is 1.71 bits per heavy atom. The van der Waals surface area contributed by atoms with Gasteiger partial charge < -0.3 is 30.3 Å². The van der Waals surface area contributed by atoms with Gasteiger partial charge in [0, 0.05) is 16.8 Å². The van der Waals surface area contributed by atoms with Gasteiger partial charge in [0.15, 0.2) is 0 Å². The second-order valence-corrected chi connectivity index (χ2v) is 10.3. The average Bonchev–Trinajstić information content (AvgIpc) is 3.16. The van der Waals surface area contributed by atoms with Gasteiger partial charge in [-0.05, 0) is 24.6 Å². The summed E-state index contributed by atoms with van der Waals surface area (Å²) in [5.74, 6) is 0. The molecule has 1 radical (unpaired) electrons. The Kier molecular flexibility index (Phi) is 12.6. The van der Waals surface area contributed by atoms with E-state index in [1.807, 2.05) is 30.3 Å². The molecular formula is C18H28CoP2-6. The minimum absolute atomic E-state index is 0. The first kappa shape index (κ1) is 21.1. The molecule has 2 aromatic rings. The van der Waals surface area contributed by atoms with Crippen molar-refractivity contribution in [1.82, 2.24) is 0 Å². The zero-order valence-electron chi connectivity index (χ0n) is 13.7. The van der Waals surface area contributed by atoms with Crippen LogP contribution in [0.2, 0.25) is 0 Å². The Labute approximate surface area is 144 Å². The summed E-state index contributed by atoms with van der Waals surface area (Å²) in [5.41, 5.74) is 0. The summed E-state index contributed by atoms with van der Waals surface area (Å²) in [4.78, 5) is 0. The van der Waals surface area contributed by atoms with Crippen LogP contribution in [0.5, 0.6) is 0 Å². The van der Waals surface area contributed by atoms with Gasteiger partial charge in [-0.25, -0.2) is 12.1 Å². The van der Waals surface area contributed by atoms with E-state index in [1.165, 1.54) is 24.6 Å². The molecule has 0 unspecified atom stereocenters. The maximum Gasteiger partial charge on any atom is 0 e. The topological polar surface area (TPSA) is 0 Å². The van der Waals surface area contributed by atoms with Gasteiger partial charge >= 0.3 is 0 Å². The van der Waals surface area contributed by atoms with Crippen LogP contribution in [0.1, 0.15) is 27.7 Å². The van der Waals surface area contributed by atoms with Gasteiger partial charge in [-0.2, -0.15) is 6.07 Å². The third-order valence-corrected chi connectivity index (χ3v) is 8.91. The van der Waals surface area contributed by atoms with Crippen LogP contribution in [0.3, 0.4) is 0 Å². The van der Waals surface area contributed by atoms with Crippen LogP contribution in [0.4, 0.5) is 0 Å². The van der Waals surface area contributed by atoms with Crippen molar-refractivity contribution in [3.63, 3.8) is 0 Å². The summed E-state index contributed by atoms with van der Waals surface area (Å²) in [7, 11) is 0.274. The van der Waals surface area contributed by atoms with Crippen LogP contribution in [0.15, 0.2) is 48.5 Å². The molecule has 0 aliphatic carbocycles. The van der Waals surface area contributed by atoms with Crippen LogP contribution in [0, 0.1) is 0 Å². The molecular weight excluding hydrogens is 337 g/mol. The van der Waals surface area contributed by atoms with Crippen molar-refractivity contribution in [1.29, 1.82) is 0 Å². The summed E-state index contributed by atoms with van der Waals surface area (Å²) in [6.45, 7) is 9.36. The molecule has 21 heavy (non-hydrogen) atoms. The van der Waals surface area contributed by atoms with Crippen LogP contribution in [0.25, 0.3) is 0 Å². The first-order valence-corrected chi connectivity index (χ1v) is 11.1. The standard InChI is InChI=1S/C13H23P2.C5H5.Co/c1-5-14(6-2)12-10-9-11-13(12)15(7-3)8-4;1-2-4-5-3-1;/h9-11H,5-8H2,1-4H3;1-5H;/q-1;-5;. The SMILES string of the molecule is CCP(CC)c1ccc[c-]1P(CC)CC.[Co].[cH-]1[cH-][cH-][cH-][cH-]1. The predicted octanol–water partition coefficient (Wildman–Crippen LogP) is 5.10. The van der Waals surface area contributed by atoms with Gasteiger partial charge in [-0.15, -0.1) is 26.5 Å². The molecule has 125 valence electrons. The maximum atomic E-state index is 2.38. The number of rotatable bonds is 6. The summed E-state index contributed by atoms with van der Waals surface area (Å²) in [6.07, 6.45) is 5.39. The summed E-state index contributed by atoms with van der Waals surface area (Å²) >= 11 is 0. The van der Waals surface area contributed by atoms with E-state index in [2.05, 4.69) is 45.9 Å². The van der Waals surface area contributed by atoms with Crippen LogP contribution >= 0.6 is 15.8 Å². The summed E-state index contributed by atoms with van der Waals surface area (Å²) in [5, 5.41) is 3.43. The van der Waals surface area contributed by atoms with Gasteiger partial charge in [0.2, 0.25) is 0 Å². The van der Waals surface area contributed by atoms with E-state index in [0.717, 1.165) is 0 Å². The van der Waals surface area contributed by atoms with E-state index in [1.54, 1.807) is 10.6 Å².